The minimum Gasteiger partial charge on any atom is -0.318 e. The first-order valence-electron chi connectivity index (χ1n) is 4.46. The van der Waals surface area contributed by atoms with Crippen molar-refractivity contribution in [3.05, 3.63) is 45.1 Å². The SMILES string of the molecule is Cc1cnc(C(N)c2ccc(Cl)s2)cn1. The third-order valence-electron chi connectivity index (χ3n) is 2.02. The smallest absolute Gasteiger partial charge is 0.0931 e. The molecule has 78 valence electrons. The van der Waals surface area contributed by atoms with Crippen LogP contribution in [0, 0.1) is 6.92 Å². The van der Waals surface area contributed by atoms with Gasteiger partial charge in [-0.15, -0.1) is 11.3 Å². The zero-order valence-corrected chi connectivity index (χ0v) is 9.72. The Hall–Kier alpha value is -0.970. The molecule has 2 aromatic heterocycles. The van der Waals surface area contributed by atoms with E-state index in [-0.39, 0.29) is 6.04 Å². The van der Waals surface area contributed by atoms with E-state index >= 15 is 0 Å². The molecule has 2 heterocycles. The molecule has 5 heteroatoms. The number of aromatic nitrogens is 2. The fraction of sp³-hybridized carbons (Fsp3) is 0.200. The van der Waals surface area contributed by atoms with Crippen LogP contribution < -0.4 is 5.73 Å². The average Bonchev–Trinajstić information content (AvgIpc) is 2.65. The second-order valence-electron chi connectivity index (χ2n) is 3.20. The quantitative estimate of drug-likeness (QED) is 0.876. The molecule has 2 aromatic rings. The molecule has 2 rings (SSSR count). The zero-order valence-electron chi connectivity index (χ0n) is 8.14. The minimum absolute atomic E-state index is 0.240. The van der Waals surface area contributed by atoms with Crippen LogP contribution in [0.1, 0.15) is 22.3 Å². The molecular formula is C10H10ClN3S. The Kier molecular flexibility index (Phi) is 3.00. The fourth-order valence-corrected chi connectivity index (χ4v) is 2.28. The van der Waals surface area contributed by atoms with Crippen molar-refractivity contribution >= 4 is 22.9 Å². The van der Waals surface area contributed by atoms with Crippen molar-refractivity contribution in [1.29, 1.82) is 0 Å². The maximum absolute atomic E-state index is 6.03. The number of aryl methyl sites for hydroxylation is 1. The van der Waals surface area contributed by atoms with E-state index in [4.69, 9.17) is 17.3 Å². The summed E-state index contributed by atoms with van der Waals surface area (Å²) in [5.41, 5.74) is 7.68. The largest absolute Gasteiger partial charge is 0.318 e. The van der Waals surface area contributed by atoms with E-state index in [0.29, 0.717) is 0 Å². The molecule has 0 saturated heterocycles. The van der Waals surface area contributed by atoms with Gasteiger partial charge in [0.15, 0.2) is 0 Å². The van der Waals surface area contributed by atoms with Gasteiger partial charge in [0.05, 0.1) is 28.0 Å². The molecule has 0 saturated carbocycles. The highest BCUT2D eigenvalue weighted by Crippen LogP contribution is 2.28. The van der Waals surface area contributed by atoms with E-state index in [2.05, 4.69) is 9.97 Å². The summed E-state index contributed by atoms with van der Waals surface area (Å²) in [6.45, 7) is 1.89. The van der Waals surface area contributed by atoms with Crippen LogP contribution in [0.2, 0.25) is 4.34 Å². The Labute approximate surface area is 96.9 Å². The lowest BCUT2D eigenvalue weighted by Crippen LogP contribution is -2.12. The van der Waals surface area contributed by atoms with E-state index in [1.165, 1.54) is 11.3 Å². The van der Waals surface area contributed by atoms with Crippen molar-refractivity contribution in [2.45, 2.75) is 13.0 Å². The van der Waals surface area contributed by atoms with Crippen LogP contribution in [0.15, 0.2) is 24.5 Å². The van der Waals surface area contributed by atoms with Gasteiger partial charge in [0.2, 0.25) is 0 Å². The minimum atomic E-state index is -0.240. The number of thiophene rings is 1. The van der Waals surface area contributed by atoms with Crippen LogP contribution >= 0.6 is 22.9 Å². The Bertz CT molecular complexity index is 452. The van der Waals surface area contributed by atoms with Gasteiger partial charge in [-0.25, -0.2) is 0 Å². The van der Waals surface area contributed by atoms with Gasteiger partial charge < -0.3 is 5.73 Å². The third-order valence-corrected chi connectivity index (χ3v) is 3.33. The molecule has 0 spiro atoms. The lowest BCUT2D eigenvalue weighted by Gasteiger charge is -2.07. The summed E-state index contributed by atoms with van der Waals surface area (Å²) in [6, 6.07) is 3.51. The van der Waals surface area contributed by atoms with Gasteiger partial charge in [0.25, 0.3) is 0 Å². The molecule has 1 atom stereocenters. The molecule has 0 bridgehead atoms. The third kappa shape index (κ3) is 2.34. The van der Waals surface area contributed by atoms with Crippen molar-refractivity contribution < 1.29 is 0 Å². The second kappa shape index (κ2) is 4.26. The van der Waals surface area contributed by atoms with E-state index in [1.807, 2.05) is 19.1 Å². The number of rotatable bonds is 2. The molecular weight excluding hydrogens is 230 g/mol. The normalized spacial score (nSPS) is 12.7. The highest BCUT2D eigenvalue weighted by molar-refractivity contribution is 7.16. The van der Waals surface area contributed by atoms with E-state index < -0.39 is 0 Å². The monoisotopic (exact) mass is 239 g/mol. The van der Waals surface area contributed by atoms with E-state index in [9.17, 15) is 0 Å². The summed E-state index contributed by atoms with van der Waals surface area (Å²) in [6.07, 6.45) is 3.41. The van der Waals surface area contributed by atoms with Crippen molar-refractivity contribution in [2.75, 3.05) is 0 Å². The summed E-state index contributed by atoms with van der Waals surface area (Å²) in [5, 5.41) is 0. The maximum Gasteiger partial charge on any atom is 0.0931 e. The summed E-state index contributed by atoms with van der Waals surface area (Å²) < 4.78 is 0.737. The molecule has 0 aromatic carbocycles. The Morgan fingerprint density at radius 1 is 1.33 bits per heavy atom. The van der Waals surface area contributed by atoms with Crippen molar-refractivity contribution in [3.63, 3.8) is 0 Å². The predicted molar refractivity (Wildman–Crippen MR) is 62.1 cm³/mol. The van der Waals surface area contributed by atoms with E-state index in [1.54, 1.807) is 12.4 Å². The van der Waals surface area contributed by atoms with Crippen molar-refractivity contribution in [3.8, 4) is 0 Å². The molecule has 0 amide bonds. The second-order valence-corrected chi connectivity index (χ2v) is 4.95. The lowest BCUT2D eigenvalue weighted by atomic mass is 10.2. The van der Waals surface area contributed by atoms with Crippen LogP contribution in [-0.4, -0.2) is 9.97 Å². The highest BCUT2D eigenvalue weighted by Gasteiger charge is 2.12. The van der Waals surface area contributed by atoms with Crippen LogP contribution in [0.5, 0.6) is 0 Å². The Balaban J connectivity index is 2.28. The summed E-state index contributed by atoms with van der Waals surface area (Å²) in [5.74, 6) is 0. The number of halogens is 1. The first kappa shape index (κ1) is 10.5. The Morgan fingerprint density at radius 3 is 2.67 bits per heavy atom. The molecule has 0 aliphatic carbocycles. The summed E-state index contributed by atoms with van der Waals surface area (Å²) in [4.78, 5) is 9.40. The number of nitrogens with two attached hydrogens (primary N) is 1. The van der Waals surface area contributed by atoms with Gasteiger partial charge in [0, 0.05) is 11.1 Å². The highest BCUT2D eigenvalue weighted by atomic mass is 35.5. The molecule has 0 fully saturated rings. The predicted octanol–water partition coefficient (Wildman–Crippen LogP) is 2.55. The van der Waals surface area contributed by atoms with Gasteiger partial charge in [-0.3, -0.25) is 9.97 Å². The molecule has 0 aliphatic rings. The average molecular weight is 240 g/mol. The van der Waals surface area contributed by atoms with Crippen LogP contribution in [0.4, 0.5) is 0 Å². The lowest BCUT2D eigenvalue weighted by molar-refractivity contribution is 0.829. The van der Waals surface area contributed by atoms with Gasteiger partial charge in [-0.05, 0) is 19.1 Å². The van der Waals surface area contributed by atoms with Gasteiger partial charge in [-0.1, -0.05) is 11.6 Å². The van der Waals surface area contributed by atoms with Crippen LogP contribution in [0.3, 0.4) is 0 Å². The molecule has 15 heavy (non-hydrogen) atoms. The molecule has 0 radical (unpaired) electrons. The number of hydrogen-bond acceptors (Lipinski definition) is 4. The summed E-state index contributed by atoms with van der Waals surface area (Å²) >= 11 is 7.31. The van der Waals surface area contributed by atoms with Gasteiger partial charge in [0.1, 0.15) is 0 Å². The number of nitrogens with zero attached hydrogens (tertiary/aromatic N) is 2. The van der Waals surface area contributed by atoms with Gasteiger partial charge in [-0.2, -0.15) is 0 Å². The summed E-state index contributed by atoms with van der Waals surface area (Å²) in [7, 11) is 0. The van der Waals surface area contributed by atoms with Crippen LogP contribution in [-0.2, 0) is 0 Å². The fourth-order valence-electron chi connectivity index (χ4n) is 1.20. The van der Waals surface area contributed by atoms with Crippen LogP contribution in [0.25, 0.3) is 0 Å². The molecule has 0 aliphatic heterocycles. The first-order valence-corrected chi connectivity index (χ1v) is 5.65. The van der Waals surface area contributed by atoms with E-state index in [0.717, 1.165) is 20.6 Å². The topological polar surface area (TPSA) is 51.8 Å². The van der Waals surface area contributed by atoms with Gasteiger partial charge >= 0.3 is 0 Å². The molecule has 3 nitrogen and oxygen atoms in total. The zero-order chi connectivity index (χ0) is 10.8. The first-order chi connectivity index (χ1) is 7.16. The van der Waals surface area contributed by atoms with Crippen molar-refractivity contribution in [2.24, 2.45) is 5.73 Å². The molecule has 1 unspecified atom stereocenters. The van der Waals surface area contributed by atoms with Crippen molar-refractivity contribution in [1.82, 2.24) is 9.97 Å². The maximum atomic E-state index is 6.03. The standard InChI is InChI=1S/C10H10ClN3S/c1-6-4-14-7(5-13-6)10(12)8-2-3-9(11)15-8/h2-5,10H,12H2,1H3. The number of hydrogen-bond donors (Lipinski definition) is 1. The molecule has 2 N–H and O–H groups in total. The Morgan fingerprint density at radius 2 is 2.13 bits per heavy atom.